The molecule has 1 N–H and O–H groups in total. The Morgan fingerprint density at radius 2 is 1.89 bits per heavy atom. The van der Waals surface area contributed by atoms with Crippen molar-refractivity contribution in [2.75, 3.05) is 11.9 Å². The van der Waals surface area contributed by atoms with Gasteiger partial charge in [0.15, 0.2) is 5.69 Å². The average Bonchev–Trinajstić information content (AvgIpc) is 3.50. The number of benzene rings is 1. The van der Waals surface area contributed by atoms with Gasteiger partial charge in [-0.1, -0.05) is 12.1 Å². The van der Waals surface area contributed by atoms with Crippen LogP contribution in [0.3, 0.4) is 0 Å². The number of aromatic nitrogens is 2. The Morgan fingerprint density at radius 1 is 1.15 bits per heavy atom. The highest BCUT2D eigenvalue weighted by Gasteiger charge is 2.50. The molecule has 2 bridgehead atoms. The Morgan fingerprint density at radius 3 is 2.56 bits per heavy atom. The predicted molar refractivity (Wildman–Crippen MR) is 108 cm³/mol. The zero-order chi connectivity index (χ0) is 18.5. The van der Waals surface area contributed by atoms with Gasteiger partial charge in [-0.2, -0.15) is 5.10 Å². The van der Waals surface area contributed by atoms with E-state index in [1.54, 1.807) is 0 Å². The van der Waals surface area contributed by atoms with Crippen molar-refractivity contribution in [1.29, 1.82) is 0 Å². The van der Waals surface area contributed by atoms with E-state index in [1.807, 2.05) is 18.2 Å². The summed E-state index contributed by atoms with van der Waals surface area (Å²) in [5, 5.41) is 8.48. The van der Waals surface area contributed by atoms with E-state index >= 15 is 0 Å². The van der Waals surface area contributed by atoms with Gasteiger partial charge in [0.2, 0.25) is 0 Å². The average molecular weight is 361 g/mol. The van der Waals surface area contributed by atoms with Gasteiger partial charge in [-0.3, -0.25) is 4.68 Å². The first-order valence-electron chi connectivity index (χ1n) is 10.4. The van der Waals surface area contributed by atoms with E-state index in [4.69, 9.17) is 11.7 Å². The molecule has 4 fully saturated rings. The van der Waals surface area contributed by atoms with Crippen molar-refractivity contribution in [1.82, 2.24) is 9.78 Å². The van der Waals surface area contributed by atoms with Gasteiger partial charge in [0.1, 0.15) is 0 Å². The van der Waals surface area contributed by atoms with Gasteiger partial charge < -0.3 is 5.32 Å². The Hall–Kier alpha value is -2.28. The molecule has 0 spiro atoms. The molecular weight excluding hydrogens is 332 g/mol. The first kappa shape index (κ1) is 16.9. The summed E-state index contributed by atoms with van der Waals surface area (Å²) in [5.74, 6) is 0.739. The van der Waals surface area contributed by atoms with Crippen molar-refractivity contribution < 1.29 is 0 Å². The van der Waals surface area contributed by atoms with Gasteiger partial charge in [0.25, 0.3) is 0 Å². The fraction of sp³-hybridized carbons (Fsp3) is 0.565. The third-order valence-corrected chi connectivity index (χ3v) is 7.48. The van der Waals surface area contributed by atoms with Gasteiger partial charge in [0, 0.05) is 36.3 Å². The zero-order valence-electron chi connectivity index (χ0n) is 16.2. The van der Waals surface area contributed by atoms with E-state index < -0.39 is 0 Å². The summed E-state index contributed by atoms with van der Waals surface area (Å²) >= 11 is 0. The summed E-state index contributed by atoms with van der Waals surface area (Å²) in [4.78, 5) is 3.54. The lowest BCUT2D eigenvalue weighted by atomic mass is 9.52. The first-order chi connectivity index (χ1) is 13.1. The van der Waals surface area contributed by atoms with Crippen molar-refractivity contribution in [3.05, 3.63) is 53.1 Å². The number of rotatable bonds is 5. The zero-order valence-corrected chi connectivity index (χ0v) is 16.2. The molecule has 0 amide bonds. The van der Waals surface area contributed by atoms with Crippen LogP contribution < -0.4 is 5.32 Å². The topological polar surface area (TPSA) is 34.2 Å². The van der Waals surface area contributed by atoms with E-state index in [1.165, 1.54) is 62.8 Å². The Kier molecular flexibility index (Phi) is 3.82. The van der Waals surface area contributed by atoms with Gasteiger partial charge in [-0.15, -0.1) is 0 Å². The fourth-order valence-corrected chi connectivity index (χ4v) is 5.45. The van der Waals surface area contributed by atoms with Crippen LogP contribution in [0.4, 0.5) is 11.4 Å². The lowest BCUT2D eigenvalue weighted by Gasteiger charge is -2.53. The van der Waals surface area contributed by atoms with Crippen LogP contribution in [0.2, 0.25) is 0 Å². The summed E-state index contributed by atoms with van der Waals surface area (Å²) in [6.07, 6.45) is 10.4. The number of hydrogen-bond acceptors (Lipinski definition) is 2. The highest BCUT2D eigenvalue weighted by Crippen LogP contribution is 2.58. The van der Waals surface area contributed by atoms with E-state index in [0.29, 0.717) is 16.5 Å². The van der Waals surface area contributed by atoms with Crippen LogP contribution in [0.5, 0.6) is 0 Å². The quantitative estimate of drug-likeness (QED) is 0.709. The summed E-state index contributed by atoms with van der Waals surface area (Å²) < 4.78 is 2.19. The second kappa shape index (κ2) is 6.12. The molecule has 4 saturated carbocycles. The molecule has 4 nitrogen and oxygen atoms in total. The van der Waals surface area contributed by atoms with Gasteiger partial charge in [-0.25, -0.2) is 4.85 Å². The van der Waals surface area contributed by atoms with Crippen LogP contribution >= 0.6 is 0 Å². The molecule has 1 heterocycles. The summed E-state index contributed by atoms with van der Waals surface area (Å²) in [6.45, 7) is 8.22. The van der Waals surface area contributed by atoms with Crippen LogP contribution in [0.15, 0.2) is 30.3 Å². The number of nitrogens with zero attached hydrogens (tertiary/aromatic N) is 3. The lowest BCUT2D eigenvalue weighted by Crippen LogP contribution is -2.47. The van der Waals surface area contributed by atoms with E-state index in [-0.39, 0.29) is 0 Å². The van der Waals surface area contributed by atoms with E-state index in [9.17, 15) is 0 Å². The van der Waals surface area contributed by atoms with Gasteiger partial charge >= 0.3 is 0 Å². The molecule has 0 aliphatic heterocycles. The Labute approximate surface area is 161 Å². The molecule has 4 aliphatic rings. The summed E-state index contributed by atoms with van der Waals surface area (Å²) in [5.41, 5.74) is 5.42. The molecule has 6 rings (SSSR count). The van der Waals surface area contributed by atoms with Crippen molar-refractivity contribution >= 4 is 11.4 Å². The summed E-state index contributed by atoms with van der Waals surface area (Å²) in [7, 11) is 2.15. The number of nitrogens with one attached hydrogen (secondary N) is 1. The molecule has 4 heteroatoms. The van der Waals surface area contributed by atoms with Crippen molar-refractivity contribution in [2.24, 2.45) is 12.5 Å². The second-order valence-electron chi connectivity index (χ2n) is 9.15. The maximum Gasteiger partial charge on any atom is 0.189 e. The fourth-order valence-electron chi connectivity index (χ4n) is 5.45. The van der Waals surface area contributed by atoms with Crippen LogP contribution in [0, 0.1) is 12.0 Å². The standard InChI is InChI=1S/C23H28N4/c1-24-18-4-3-5-19(14-18)25-16-22-8-11-23(12-9-22,13-10-22)21-15-20(17-6-7-17)26-27(21)2/h3-5,14-15,17,25H,6-13,16H2,2H3. The third kappa shape index (κ3) is 2.94. The SMILES string of the molecule is [C-]#[N+]c1cccc(NCC23CCC(c4cc(C5CC5)nn4C)(CC2)CC3)c1. The number of fused-ring (bicyclic) bond motifs is 3. The second-order valence-corrected chi connectivity index (χ2v) is 9.15. The number of anilines is 1. The summed E-state index contributed by atoms with van der Waals surface area (Å²) in [6, 6.07) is 10.3. The molecule has 2 aromatic rings. The van der Waals surface area contributed by atoms with Gasteiger partial charge in [0.05, 0.1) is 12.3 Å². The molecule has 0 saturated heterocycles. The van der Waals surface area contributed by atoms with Crippen LogP contribution in [-0.2, 0) is 12.5 Å². The molecular formula is C23H28N4. The van der Waals surface area contributed by atoms with Crippen LogP contribution in [-0.4, -0.2) is 16.3 Å². The molecule has 1 aromatic heterocycles. The Bertz CT molecular complexity index is 875. The number of hydrogen-bond donors (Lipinski definition) is 1. The maximum atomic E-state index is 7.19. The molecule has 0 unspecified atom stereocenters. The highest BCUT2D eigenvalue weighted by atomic mass is 15.3. The molecule has 4 aliphatic carbocycles. The molecule has 140 valence electrons. The normalized spacial score (nSPS) is 29.5. The smallest absolute Gasteiger partial charge is 0.189 e. The Balaban J connectivity index is 1.28. The number of aryl methyl sites for hydroxylation is 1. The third-order valence-electron chi connectivity index (χ3n) is 7.48. The minimum atomic E-state index is 0.362. The highest BCUT2D eigenvalue weighted by molar-refractivity contribution is 5.57. The van der Waals surface area contributed by atoms with Crippen LogP contribution in [0.25, 0.3) is 4.85 Å². The molecule has 0 atom stereocenters. The van der Waals surface area contributed by atoms with Crippen molar-refractivity contribution in [2.45, 2.75) is 62.7 Å². The minimum Gasteiger partial charge on any atom is -0.386 e. The monoisotopic (exact) mass is 360 g/mol. The van der Waals surface area contributed by atoms with E-state index in [2.05, 4.69) is 34.0 Å². The largest absolute Gasteiger partial charge is 0.386 e. The molecule has 1 aromatic carbocycles. The lowest BCUT2D eigenvalue weighted by molar-refractivity contribution is 0.0462. The maximum absolute atomic E-state index is 7.19. The van der Waals surface area contributed by atoms with Crippen molar-refractivity contribution in [3.8, 4) is 0 Å². The minimum absolute atomic E-state index is 0.362. The molecule has 0 radical (unpaired) electrons. The first-order valence-corrected chi connectivity index (χ1v) is 10.4. The predicted octanol–water partition coefficient (Wildman–Crippen LogP) is 5.55. The van der Waals surface area contributed by atoms with Crippen molar-refractivity contribution in [3.63, 3.8) is 0 Å². The van der Waals surface area contributed by atoms with Gasteiger partial charge in [-0.05, 0) is 75.0 Å². The van der Waals surface area contributed by atoms with E-state index in [0.717, 1.165) is 18.2 Å². The van der Waals surface area contributed by atoms with Crippen LogP contribution in [0.1, 0.15) is 68.7 Å². The molecule has 27 heavy (non-hydrogen) atoms.